The highest BCUT2D eigenvalue weighted by Gasteiger charge is 2.21. The van der Waals surface area contributed by atoms with Crippen molar-refractivity contribution in [1.29, 1.82) is 0 Å². The molecule has 0 aliphatic carbocycles. The topological polar surface area (TPSA) is 48.0 Å². The van der Waals surface area contributed by atoms with Crippen molar-refractivity contribution in [3.63, 3.8) is 0 Å². The first-order chi connectivity index (χ1) is 12.5. The molecule has 4 rings (SSSR count). The van der Waals surface area contributed by atoms with E-state index in [4.69, 9.17) is 10.1 Å². The van der Waals surface area contributed by atoms with Gasteiger partial charge >= 0.3 is 0 Å². The van der Waals surface area contributed by atoms with Gasteiger partial charge in [-0.3, -0.25) is 0 Å². The predicted molar refractivity (Wildman–Crippen MR) is 105 cm³/mol. The second kappa shape index (κ2) is 6.24. The number of nitrogens with zero attached hydrogens (tertiary/aromatic N) is 5. The molecule has 4 aromatic rings. The van der Waals surface area contributed by atoms with Crippen molar-refractivity contribution < 1.29 is 0 Å². The van der Waals surface area contributed by atoms with Crippen LogP contribution in [0.4, 0.5) is 0 Å². The average molecular weight is 347 g/mol. The molecule has 0 N–H and O–H groups in total. The number of hydrogen-bond acceptors (Lipinski definition) is 3. The summed E-state index contributed by atoms with van der Waals surface area (Å²) >= 11 is 0. The van der Waals surface area contributed by atoms with Crippen molar-refractivity contribution in [3.05, 3.63) is 47.4 Å². The number of aromatic nitrogens is 5. The molecule has 5 nitrogen and oxygen atoms in total. The van der Waals surface area contributed by atoms with E-state index in [9.17, 15) is 0 Å². The van der Waals surface area contributed by atoms with E-state index < -0.39 is 0 Å². The van der Waals surface area contributed by atoms with Crippen molar-refractivity contribution >= 4 is 16.7 Å². The Morgan fingerprint density at radius 3 is 2.54 bits per heavy atom. The van der Waals surface area contributed by atoms with E-state index in [1.165, 1.54) is 5.56 Å². The summed E-state index contributed by atoms with van der Waals surface area (Å²) in [6.07, 6.45) is 4.05. The molecule has 0 spiro atoms. The van der Waals surface area contributed by atoms with Gasteiger partial charge in [-0.15, -0.1) is 0 Å². The number of fused-ring (bicyclic) bond motifs is 2. The Morgan fingerprint density at radius 2 is 1.85 bits per heavy atom. The van der Waals surface area contributed by atoms with Crippen molar-refractivity contribution in [3.8, 4) is 11.4 Å². The Morgan fingerprint density at radius 1 is 1.08 bits per heavy atom. The number of hydrogen-bond donors (Lipinski definition) is 0. The van der Waals surface area contributed by atoms with Crippen molar-refractivity contribution in [2.24, 2.45) is 7.05 Å². The molecule has 0 atom stereocenters. The average Bonchev–Trinajstić information content (AvgIpc) is 3.13. The Kier molecular flexibility index (Phi) is 4.02. The molecule has 0 unspecified atom stereocenters. The van der Waals surface area contributed by atoms with Crippen molar-refractivity contribution in [2.75, 3.05) is 0 Å². The van der Waals surface area contributed by atoms with Gasteiger partial charge in [0.15, 0.2) is 5.65 Å². The smallest absolute Gasteiger partial charge is 0.158 e. The molecule has 0 radical (unpaired) electrons. The fraction of sp³-hybridized carbons (Fsp3) is 0.381. The summed E-state index contributed by atoms with van der Waals surface area (Å²) in [7, 11) is 2.06. The van der Waals surface area contributed by atoms with Gasteiger partial charge in [0.1, 0.15) is 11.3 Å². The minimum absolute atomic E-state index is 0.503. The van der Waals surface area contributed by atoms with Crippen LogP contribution in [0.5, 0.6) is 0 Å². The molecule has 0 aliphatic rings. The molecule has 4 heterocycles. The lowest BCUT2D eigenvalue weighted by Gasteiger charge is -2.14. The second-order valence-electron chi connectivity index (χ2n) is 7.04. The van der Waals surface area contributed by atoms with Gasteiger partial charge in [-0.25, -0.2) is 14.5 Å². The molecule has 26 heavy (non-hydrogen) atoms. The van der Waals surface area contributed by atoms with Crippen LogP contribution in [-0.2, 0) is 7.05 Å². The van der Waals surface area contributed by atoms with E-state index in [0.717, 1.165) is 52.3 Å². The van der Waals surface area contributed by atoms with Gasteiger partial charge in [0, 0.05) is 24.2 Å². The van der Waals surface area contributed by atoms with E-state index in [-0.39, 0.29) is 0 Å². The van der Waals surface area contributed by atoms with E-state index in [1.54, 1.807) is 0 Å². The van der Waals surface area contributed by atoms with E-state index in [2.05, 4.69) is 62.5 Å². The van der Waals surface area contributed by atoms with Gasteiger partial charge in [0.25, 0.3) is 0 Å². The second-order valence-corrected chi connectivity index (χ2v) is 7.04. The van der Waals surface area contributed by atoms with Crippen LogP contribution < -0.4 is 0 Å². The van der Waals surface area contributed by atoms with Crippen LogP contribution in [0.2, 0.25) is 0 Å². The minimum Gasteiger partial charge on any atom is -0.327 e. The SMILES string of the molecule is CCC(CC)c1cc(C)nn2c(-c3cc4cccnc4n3C)c(C)nc12. The third-order valence-electron chi connectivity index (χ3n) is 5.37. The van der Waals surface area contributed by atoms with Crippen LogP contribution in [0.3, 0.4) is 0 Å². The van der Waals surface area contributed by atoms with Crippen LogP contribution in [0.25, 0.3) is 28.1 Å². The lowest BCUT2D eigenvalue weighted by atomic mass is 9.95. The van der Waals surface area contributed by atoms with Crippen LogP contribution in [0, 0.1) is 13.8 Å². The summed E-state index contributed by atoms with van der Waals surface area (Å²) in [6, 6.07) is 8.45. The molecule has 4 aromatic heterocycles. The molecule has 5 heteroatoms. The largest absolute Gasteiger partial charge is 0.327 e. The highest BCUT2D eigenvalue weighted by Crippen LogP contribution is 2.33. The van der Waals surface area contributed by atoms with Gasteiger partial charge in [-0.2, -0.15) is 5.10 Å². The van der Waals surface area contributed by atoms with E-state index >= 15 is 0 Å². The van der Waals surface area contributed by atoms with Crippen LogP contribution in [-0.4, -0.2) is 24.1 Å². The van der Waals surface area contributed by atoms with Crippen LogP contribution in [0.15, 0.2) is 30.5 Å². The monoisotopic (exact) mass is 347 g/mol. The molecule has 0 aliphatic heterocycles. The number of aryl methyl sites for hydroxylation is 3. The summed E-state index contributed by atoms with van der Waals surface area (Å²) in [4.78, 5) is 9.45. The lowest BCUT2D eigenvalue weighted by molar-refractivity contribution is 0.638. The van der Waals surface area contributed by atoms with Gasteiger partial charge in [0.2, 0.25) is 0 Å². The first-order valence-corrected chi connectivity index (χ1v) is 9.32. The zero-order chi connectivity index (χ0) is 18.4. The van der Waals surface area contributed by atoms with Crippen molar-refractivity contribution in [1.82, 2.24) is 24.1 Å². The summed E-state index contributed by atoms with van der Waals surface area (Å²) in [6.45, 7) is 8.62. The normalized spacial score (nSPS) is 11.9. The molecule has 0 bridgehead atoms. The summed E-state index contributed by atoms with van der Waals surface area (Å²) in [5.41, 5.74) is 7.43. The maximum Gasteiger partial charge on any atom is 0.158 e. The first kappa shape index (κ1) is 16.8. The summed E-state index contributed by atoms with van der Waals surface area (Å²) < 4.78 is 4.17. The number of rotatable bonds is 4. The number of pyridine rings is 1. The molecular formula is C21H25N5. The van der Waals surface area contributed by atoms with Gasteiger partial charge in [-0.05, 0) is 56.9 Å². The fourth-order valence-electron chi connectivity index (χ4n) is 3.99. The third-order valence-corrected chi connectivity index (χ3v) is 5.37. The van der Waals surface area contributed by atoms with Crippen molar-refractivity contribution in [2.45, 2.75) is 46.5 Å². The molecule has 0 fully saturated rings. The van der Waals surface area contributed by atoms with E-state index in [0.29, 0.717) is 5.92 Å². The minimum atomic E-state index is 0.503. The Bertz CT molecular complexity index is 1100. The molecule has 0 amide bonds. The fourth-order valence-corrected chi connectivity index (χ4v) is 3.99. The molecular weight excluding hydrogens is 322 g/mol. The predicted octanol–water partition coefficient (Wildman–Crippen LogP) is 4.80. The standard InChI is InChI=1S/C21H25N5/c1-6-15(7-2)17-11-13(3)24-26-19(14(4)23-21(17)26)18-12-16-9-8-10-22-20(16)25(18)5/h8-12,15H,6-7H2,1-5H3. The molecule has 0 aromatic carbocycles. The first-order valence-electron chi connectivity index (χ1n) is 9.32. The maximum absolute atomic E-state index is 4.93. The van der Waals surface area contributed by atoms with Crippen LogP contribution in [0.1, 0.15) is 49.6 Å². The number of imidazole rings is 1. The quantitative estimate of drug-likeness (QED) is 0.532. The molecule has 0 saturated heterocycles. The molecule has 134 valence electrons. The summed E-state index contributed by atoms with van der Waals surface area (Å²) in [5.74, 6) is 0.503. The Balaban J connectivity index is 2.04. The van der Waals surface area contributed by atoms with Gasteiger partial charge in [0.05, 0.1) is 17.1 Å². The maximum atomic E-state index is 4.93. The summed E-state index contributed by atoms with van der Waals surface area (Å²) in [5, 5.41) is 5.95. The third kappa shape index (κ3) is 2.42. The highest BCUT2D eigenvalue weighted by atomic mass is 15.3. The molecule has 0 saturated carbocycles. The Labute approximate surface area is 153 Å². The highest BCUT2D eigenvalue weighted by molar-refractivity contribution is 5.84. The Hall–Kier alpha value is -2.69. The zero-order valence-electron chi connectivity index (χ0n) is 16.1. The lowest BCUT2D eigenvalue weighted by Crippen LogP contribution is -2.06. The van der Waals surface area contributed by atoms with E-state index in [1.807, 2.05) is 16.8 Å². The van der Waals surface area contributed by atoms with Gasteiger partial charge in [-0.1, -0.05) is 13.8 Å². The van der Waals surface area contributed by atoms with Gasteiger partial charge < -0.3 is 4.57 Å². The zero-order valence-corrected chi connectivity index (χ0v) is 16.1. The van der Waals surface area contributed by atoms with Crippen LogP contribution >= 0.6 is 0 Å².